The lowest BCUT2D eigenvalue weighted by molar-refractivity contribution is 0.147. The fourth-order valence-electron chi connectivity index (χ4n) is 2.50. The van der Waals surface area contributed by atoms with Crippen molar-refractivity contribution in [3.8, 4) is 0 Å². The molecule has 0 aliphatic rings. The normalized spacial score (nSPS) is 13.5. The van der Waals surface area contributed by atoms with Gasteiger partial charge in [0.15, 0.2) is 0 Å². The molecule has 0 heterocycles. The molecule has 0 aromatic rings. The van der Waals surface area contributed by atoms with Crippen LogP contribution in [0.15, 0.2) is 0 Å². The molecule has 1 atom stereocenters. The van der Waals surface area contributed by atoms with Crippen molar-refractivity contribution in [2.24, 2.45) is 0 Å². The first-order valence-electron chi connectivity index (χ1n) is 8.59. The summed E-state index contributed by atoms with van der Waals surface area (Å²) in [6, 6.07) is 0. The van der Waals surface area contributed by atoms with Gasteiger partial charge in [-0.25, -0.2) is 0 Å². The minimum atomic E-state index is -3.77. The smallest absolute Gasteiger partial charge is 0.264 e. The molecule has 0 saturated carbocycles. The summed E-state index contributed by atoms with van der Waals surface area (Å²) >= 11 is 0. The first-order chi connectivity index (χ1) is 9.95. The van der Waals surface area contributed by atoms with Gasteiger partial charge in [0.25, 0.3) is 10.1 Å². The predicted molar refractivity (Wildman–Crippen MR) is 88.1 cm³/mol. The van der Waals surface area contributed by atoms with Gasteiger partial charge in [0.2, 0.25) is 0 Å². The highest BCUT2D eigenvalue weighted by atomic mass is 32.2. The second kappa shape index (κ2) is 13.5. The Morgan fingerprint density at radius 1 is 0.762 bits per heavy atom. The molecule has 0 rings (SSSR count). The zero-order valence-corrected chi connectivity index (χ0v) is 14.4. The quantitative estimate of drug-likeness (QED) is 0.348. The Kier molecular flexibility index (Phi) is 13.4. The average molecular weight is 323 g/mol. The molecule has 4 nitrogen and oxygen atoms in total. The van der Waals surface area contributed by atoms with Crippen LogP contribution in [0.3, 0.4) is 0 Å². The molecule has 0 amide bonds. The van der Waals surface area contributed by atoms with Gasteiger partial charge in [-0.3, -0.25) is 4.55 Å². The number of aliphatic hydroxyl groups is 1. The van der Waals surface area contributed by atoms with Crippen LogP contribution in [0.5, 0.6) is 0 Å². The summed E-state index contributed by atoms with van der Waals surface area (Å²) in [5.74, 6) is -0.108. The fraction of sp³-hybridized carbons (Fsp3) is 1.00. The number of hydrogen-bond acceptors (Lipinski definition) is 3. The van der Waals surface area contributed by atoms with Crippen molar-refractivity contribution < 1.29 is 18.1 Å². The van der Waals surface area contributed by atoms with Crippen molar-refractivity contribution in [2.75, 3.05) is 5.75 Å². The Morgan fingerprint density at radius 3 is 1.67 bits per heavy atom. The van der Waals surface area contributed by atoms with Gasteiger partial charge in [0.1, 0.15) is 0 Å². The van der Waals surface area contributed by atoms with E-state index in [0.717, 1.165) is 44.9 Å². The maximum atomic E-state index is 10.5. The third-order valence-electron chi connectivity index (χ3n) is 3.83. The van der Waals surface area contributed by atoms with Gasteiger partial charge in [-0.1, -0.05) is 71.1 Å². The van der Waals surface area contributed by atoms with Crippen molar-refractivity contribution in [3.63, 3.8) is 0 Å². The average Bonchev–Trinajstić information content (AvgIpc) is 2.40. The van der Waals surface area contributed by atoms with Crippen molar-refractivity contribution in [3.05, 3.63) is 0 Å². The van der Waals surface area contributed by atoms with E-state index in [1.54, 1.807) is 0 Å². The number of rotatable bonds is 15. The van der Waals surface area contributed by atoms with E-state index in [1.165, 1.54) is 32.1 Å². The second-order valence-electron chi connectivity index (χ2n) is 6.05. The topological polar surface area (TPSA) is 74.6 Å². The lowest BCUT2D eigenvalue weighted by atomic mass is 10.0. The highest BCUT2D eigenvalue weighted by Gasteiger charge is 2.04. The van der Waals surface area contributed by atoms with Crippen LogP contribution < -0.4 is 0 Å². The standard InChI is InChI=1S/C16H34O4S/c1-2-3-10-13-16(17)14-11-8-6-4-5-7-9-12-15-21(18,19)20/h16-17H,2-15H2,1H3,(H,18,19,20). The predicted octanol–water partition coefficient (Wildman–Crippen LogP) is 4.33. The van der Waals surface area contributed by atoms with Gasteiger partial charge in [0, 0.05) is 0 Å². The van der Waals surface area contributed by atoms with Gasteiger partial charge in [-0.2, -0.15) is 8.42 Å². The molecular formula is C16H34O4S. The third kappa shape index (κ3) is 17.8. The molecule has 0 aromatic carbocycles. The van der Waals surface area contributed by atoms with Crippen molar-refractivity contribution in [1.29, 1.82) is 0 Å². The molecule has 0 spiro atoms. The summed E-state index contributed by atoms with van der Waals surface area (Å²) in [7, 11) is -3.77. The van der Waals surface area contributed by atoms with E-state index < -0.39 is 10.1 Å². The second-order valence-corrected chi connectivity index (χ2v) is 7.62. The minimum Gasteiger partial charge on any atom is -0.393 e. The summed E-state index contributed by atoms with van der Waals surface area (Å²) in [5, 5.41) is 9.77. The molecule has 0 fully saturated rings. The number of hydrogen-bond donors (Lipinski definition) is 2. The van der Waals surface area contributed by atoms with Crippen LogP contribution in [0.25, 0.3) is 0 Å². The van der Waals surface area contributed by atoms with E-state index >= 15 is 0 Å². The third-order valence-corrected chi connectivity index (χ3v) is 4.64. The largest absolute Gasteiger partial charge is 0.393 e. The molecule has 0 aromatic heterocycles. The van der Waals surface area contributed by atoms with Crippen LogP contribution in [-0.4, -0.2) is 29.9 Å². The fourth-order valence-corrected chi connectivity index (χ4v) is 3.07. The summed E-state index contributed by atoms with van der Waals surface area (Å²) in [6.45, 7) is 2.18. The Morgan fingerprint density at radius 2 is 1.19 bits per heavy atom. The molecule has 128 valence electrons. The molecule has 0 aliphatic heterocycles. The van der Waals surface area contributed by atoms with E-state index in [1.807, 2.05) is 0 Å². The summed E-state index contributed by atoms with van der Waals surface area (Å²) < 4.78 is 29.6. The molecule has 0 saturated heterocycles. The van der Waals surface area contributed by atoms with Gasteiger partial charge < -0.3 is 5.11 Å². The highest BCUT2D eigenvalue weighted by Crippen LogP contribution is 2.13. The first-order valence-corrected chi connectivity index (χ1v) is 10.2. The number of aliphatic hydroxyl groups excluding tert-OH is 1. The molecular weight excluding hydrogens is 288 g/mol. The van der Waals surface area contributed by atoms with Crippen LogP contribution >= 0.6 is 0 Å². The van der Waals surface area contributed by atoms with Crippen molar-refractivity contribution in [1.82, 2.24) is 0 Å². The van der Waals surface area contributed by atoms with E-state index in [2.05, 4.69) is 6.92 Å². The molecule has 0 bridgehead atoms. The molecule has 0 aliphatic carbocycles. The van der Waals surface area contributed by atoms with E-state index in [9.17, 15) is 13.5 Å². The van der Waals surface area contributed by atoms with Gasteiger partial charge in [-0.05, 0) is 19.3 Å². The van der Waals surface area contributed by atoms with Gasteiger partial charge in [-0.15, -0.1) is 0 Å². The highest BCUT2D eigenvalue weighted by molar-refractivity contribution is 7.85. The van der Waals surface area contributed by atoms with Crippen LogP contribution in [0, 0.1) is 0 Å². The molecule has 1 unspecified atom stereocenters. The monoisotopic (exact) mass is 322 g/mol. The summed E-state index contributed by atoms with van der Waals surface area (Å²) in [4.78, 5) is 0. The Balaban J connectivity index is 3.18. The molecule has 0 radical (unpaired) electrons. The van der Waals surface area contributed by atoms with Gasteiger partial charge in [0.05, 0.1) is 11.9 Å². The zero-order valence-electron chi connectivity index (χ0n) is 13.6. The molecule has 2 N–H and O–H groups in total. The van der Waals surface area contributed by atoms with E-state index in [-0.39, 0.29) is 11.9 Å². The molecule has 21 heavy (non-hydrogen) atoms. The summed E-state index contributed by atoms with van der Waals surface area (Å²) in [6.07, 6.45) is 13.6. The Hall–Kier alpha value is -0.130. The van der Waals surface area contributed by atoms with Crippen molar-refractivity contribution in [2.45, 2.75) is 96.5 Å². The SMILES string of the molecule is CCCCCC(O)CCCCCCCCCCS(=O)(=O)O. The van der Waals surface area contributed by atoms with Crippen LogP contribution in [-0.2, 0) is 10.1 Å². The zero-order chi connectivity index (χ0) is 16.0. The minimum absolute atomic E-state index is 0.108. The maximum Gasteiger partial charge on any atom is 0.264 e. The van der Waals surface area contributed by atoms with E-state index in [4.69, 9.17) is 4.55 Å². The van der Waals surface area contributed by atoms with Crippen LogP contribution in [0.2, 0.25) is 0 Å². The summed E-state index contributed by atoms with van der Waals surface area (Å²) in [5.41, 5.74) is 0. The lowest BCUT2D eigenvalue weighted by Gasteiger charge is -2.09. The van der Waals surface area contributed by atoms with E-state index in [0.29, 0.717) is 6.42 Å². The lowest BCUT2D eigenvalue weighted by Crippen LogP contribution is -2.05. The van der Waals surface area contributed by atoms with Crippen molar-refractivity contribution >= 4 is 10.1 Å². The maximum absolute atomic E-state index is 10.5. The Bertz CT molecular complexity index is 314. The Labute approximate surface area is 131 Å². The van der Waals surface area contributed by atoms with Gasteiger partial charge >= 0.3 is 0 Å². The van der Waals surface area contributed by atoms with Crippen LogP contribution in [0.4, 0.5) is 0 Å². The van der Waals surface area contributed by atoms with Crippen LogP contribution in [0.1, 0.15) is 90.4 Å². The first kappa shape index (κ1) is 20.9. The molecule has 5 heteroatoms. The number of unbranched alkanes of at least 4 members (excludes halogenated alkanes) is 9.